The van der Waals surface area contributed by atoms with Crippen molar-refractivity contribution in [3.05, 3.63) is 26.6 Å². The number of carbonyl (C=O) groups is 1. The molecule has 4 nitrogen and oxygen atoms in total. The molecule has 94 valence electrons. The lowest BCUT2D eigenvalue weighted by Gasteiger charge is -2.15. The largest absolute Gasteiger partial charge is 0.494 e. The summed E-state index contributed by atoms with van der Waals surface area (Å²) in [4.78, 5) is 11.4. The minimum atomic E-state index is -0.376. The SMILES string of the molecule is COc1c(Br)cc(C(CCN)C(N)=O)cc1Br. The van der Waals surface area contributed by atoms with Crippen LogP contribution in [0, 0.1) is 0 Å². The van der Waals surface area contributed by atoms with Gasteiger partial charge >= 0.3 is 0 Å². The van der Waals surface area contributed by atoms with Gasteiger partial charge in [-0.15, -0.1) is 0 Å². The molecular formula is C11H14Br2N2O2. The van der Waals surface area contributed by atoms with Gasteiger partial charge in [-0.3, -0.25) is 4.79 Å². The zero-order chi connectivity index (χ0) is 13.0. The van der Waals surface area contributed by atoms with Crippen LogP contribution in [0.4, 0.5) is 0 Å². The Labute approximate surface area is 117 Å². The van der Waals surface area contributed by atoms with Crippen molar-refractivity contribution in [2.45, 2.75) is 12.3 Å². The second kappa shape index (κ2) is 6.37. The highest BCUT2D eigenvalue weighted by Crippen LogP contribution is 2.36. The number of benzene rings is 1. The minimum absolute atomic E-state index is 0.376. The molecule has 0 saturated carbocycles. The molecule has 0 aliphatic carbocycles. The summed E-state index contributed by atoms with van der Waals surface area (Å²) >= 11 is 6.78. The molecule has 0 bridgehead atoms. The maximum Gasteiger partial charge on any atom is 0.225 e. The van der Waals surface area contributed by atoms with E-state index >= 15 is 0 Å². The third-order valence-electron chi connectivity index (χ3n) is 2.43. The Morgan fingerprint density at radius 2 is 1.94 bits per heavy atom. The fourth-order valence-electron chi connectivity index (χ4n) is 1.62. The average molecular weight is 366 g/mol. The van der Waals surface area contributed by atoms with Crippen LogP contribution in [-0.4, -0.2) is 19.6 Å². The molecule has 0 aliphatic rings. The van der Waals surface area contributed by atoms with Gasteiger partial charge in [0.05, 0.1) is 22.0 Å². The van der Waals surface area contributed by atoms with E-state index in [4.69, 9.17) is 16.2 Å². The Hall–Kier alpha value is -0.590. The molecule has 1 aromatic carbocycles. The minimum Gasteiger partial charge on any atom is -0.494 e. The zero-order valence-electron chi connectivity index (χ0n) is 9.37. The summed E-state index contributed by atoms with van der Waals surface area (Å²) in [5.41, 5.74) is 11.7. The Morgan fingerprint density at radius 3 is 2.29 bits per heavy atom. The standard InChI is InChI=1S/C11H14Br2N2O2/c1-17-10-8(12)4-6(5-9(10)13)7(2-3-14)11(15)16/h4-5,7H,2-3,14H2,1H3,(H2,15,16). The predicted octanol–water partition coefficient (Wildman–Crippen LogP) is 2.14. The summed E-state index contributed by atoms with van der Waals surface area (Å²) in [6, 6.07) is 3.66. The number of rotatable bonds is 5. The van der Waals surface area contributed by atoms with Gasteiger partial charge in [0, 0.05) is 0 Å². The van der Waals surface area contributed by atoms with Crippen molar-refractivity contribution in [2.75, 3.05) is 13.7 Å². The molecule has 4 N–H and O–H groups in total. The Kier molecular flexibility index (Phi) is 5.42. The Morgan fingerprint density at radius 1 is 1.41 bits per heavy atom. The number of nitrogens with two attached hydrogens (primary N) is 2. The molecule has 6 heteroatoms. The molecule has 17 heavy (non-hydrogen) atoms. The molecule has 0 fully saturated rings. The summed E-state index contributed by atoms with van der Waals surface area (Å²) in [7, 11) is 1.58. The van der Waals surface area contributed by atoms with E-state index in [0.29, 0.717) is 18.7 Å². The van der Waals surface area contributed by atoms with E-state index in [1.165, 1.54) is 0 Å². The number of halogens is 2. The number of hydrogen-bond donors (Lipinski definition) is 2. The summed E-state index contributed by atoms with van der Waals surface area (Å²) in [5, 5.41) is 0. The van der Waals surface area contributed by atoms with Crippen LogP contribution in [0.3, 0.4) is 0 Å². The van der Waals surface area contributed by atoms with Crippen molar-refractivity contribution < 1.29 is 9.53 Å². The van der Waals surface area contributed by atoms with E-state index in [9.17, 15) is 4.79 Å². The summed E-state index contributed by atoms with van der Waals surface area (Å²) in [6.07, 6.45) is 0.528. The van der Waals surface area contributed by atoms with Crippen molar-refractivity contribution in [3.63, 3.8) is 0 Å². The maximum atomic E-state index is 11.4. The number of amides is 1. The molecule has 0 saturated heterocycles. The summed E-state index contributed by atoms with van der Waals surface area (Å²) in [5.74, 6) is -0.0670. The summed E-state index contributed by atoms with van der Waals surface area (Å²) < 4.78 is 6.74. The van der Waals surface area contributed by atoms with Crippen LogP contribution < -0.4 is 16.2 Å². The van der Waals surface area contributed by atoms with Crippen molar-refractivity contribution in [1.82, 2.24) is 0 Å². The zero-order valence-corrected chi connectivity index (χ0v) is 12.5. The third-order valence-corrected chi connectivity index (χ3v) is 3.60. The third kappa shape index (κ3) is 3.43. The molecule has 1 rings (SSSR count). The normalized spacial score (nSPS) is 12.2. The van der Waals surface area contributed by atoms with E-state index in [2.05, 4.69) is 31.9 Å². The molecule has 1 atom stereocenters. The topological polar surface area (TPSA) is 78.3 Å². The lowest BCUT2D eigenvalue weighted by atomic mass is 9.95. The van der Waals surface area contributed by atoms with Gasteiger partial charge in [0.1, 0.15) is 5.75 Å². The van der Waals surface area contributed by atoms with Crippen molar-refractivity contribution in [2.24, 2.45) is 11.5 Å². The molecule has 0 spiro atoms. The first-order valence-corrected chi connectivity index (χ1v) is 6.62. The highest BCUT2D eigenvalue weighted by Gasteiger charge is 2.19. The van der Waals surface area contributed by atoms with Crippen LogP contribution in [0.25, 0.3) is 0 Å². The molecular weight excluding hydrogens is 352 g/mol. The van der Waals surface area contributed by atoms with Gasteiger partial charge in [0.25, 0.3) is 0 Å². The number of primary amides is 1. The van der Waals surface area contributed by atoms with Crippen molar-refractivity contribution >= 4 is 37.8 Å². The van der Waals surface area contributed by atoms with Crippen LogP contribution in [-0.2, 0) is 4.79 Å². The van der Waals surface area contributed by atoms with Gasteiger partial charge in [-0.25, -0.2) is 0 Å². The molecule has 0 heterocycles. The molecule has 0 aromatic heterocycles. The van der Waals surface area contributed by atoms with Gasteiger partial charge in [0.2, 0.25) is 5.91 Å². The monoisotopic (exact) mass is 364 g/mol. The first-order chi connectivity index (χ1) is 8.01. The number of carbonyl (C=O) groups excluding carboxylic acids is 1. The van der Waals surface area contributed by atoms with E-state index in [-0.39, 0.29) is 11.8 Å². The predicted molar refractivity (Wildman–Crippen MR) is 74.0 cm³/mol. The molecule has 1 aromatic rings. The van der Waals surface area contributed by atoms with E-state index < -0.39 is 0 Å². The van der Waals surface area contributed by atoms with Crippen LogP contribution in [0.5, 0.6) is 5.75 Å². The lowest BCUT2D eigenvalue weighted by Crippen LogP contribution is -2.23. The smallest absolute Gasteiger partial charge is 0.225 e. The Balaban J connectivity index is 3.17. The highest BCUT2D eigenvalue weighted by molar-refractivity contribution is 9.11. The summed E-state index contributed by atoms with van der Waals surface area (Å²) in [6.45, 7) is 0.412. The van der Waals surface area contributed by atoms with Crippen LogP contribution in [0.2, 0.25) is 0 Å². The first-order valence-electron chi connectivity index (χ1n) is 5.03. The maximum absolute atomic E-state index is 11.4. The first kappa shape index (κ1) is 14.5. The Bertz CT molecular complexity index is 401. The molecule has 1 amide bonds. The van der Waals surface area contributed by atoms with Crippen LogP contribution in [0.15, 0.2) is 21.1 Å². The second-order valence-electron chi connectivity index (χ2n) is 3.55. The van der Waals surface area contributed by atoms with E-state index in [1.54, 1.807) is 7.11 Å². The fraction of sp³-hybridized carbons (Fsp3) is 0.364. The fourth-order valence-corrected chi connectivity index (χ4v) is 3.16. The second-order valence-corrected chi connectivity index (χ2v) is 5.26. The van der Waals surface area contributed by atoms with E-state index in [1.807, 2.05) is 12.1 Å². The van der Waals surface area contributed by atoms with Gasteiger partial charge in [-0.05, 0) is 62.5 Å². The molecule has 1 unspecified atom stereocenters. The number of methoxy groups -OCH3 is 1. The van der Waals surface area contributed by atoms with Gasteiger partial charge in [0.15, 0.2) is 0 Å². The van der Waals surface area contributed by atoms with Crippen LogP contribution in [0.1, 0.15) is 17.9 Å². The van der Waals surface area contributed by atoms with Gasteiger partial charge in [-0.1, -0.05) is 0 Å². The van der Waals surface area contributed by atoms with E-state index in [0.717, 1.165) is 14.5 Å². The molecule has 0 radical (unpaired) electrons. The van der Waals surface area contributed by atoms with Gasteiger partial charge in [-0.2, -0.15) is 0 Å². The highest BCUT2D eigenvalue weighted by atomic mass is 79.9. The molecule has 0 aliphatic heterocycles. The van der Waals surface area contributed by atoms with Gasteiger partial charge < -0.3 is 16.2 Å². The lowest BCUT2D eigenvalue weighted by molar-refractivity contribution is -0.119. The number of hydrogen-bond acceptors (Lipinski definition) is 3. The van der Waals surface area contributed by atoms with Crippen molar-refractivity contribution in [3.8, 4) is 5.75 Å². The van der Waals surface area contributed by atoms with Crippen LogP contribution >= 0.6 is 31.9 Å². The van der Waals surface area contributed by atoms with Crippen molar-refractivity contribution in [1.29, 1.82) is 0 Å². The quantitative estimate of drug-likeness (QED) is 0.838. The number of ether oxygens (including phenoxy) is 1. The average Bonchev–Trinajstić information content (AvgIpc) is 2.24.